The number of nitrogens with zero attached hydrogens (tertiary/aromatic N) is 3. The van der Waals surface area contributed by atoms with Crippen molar-refractivity contribution in [2.45, 2.75) is 26.6 Å². The lowest BCUT2D eigenvalue weighted by Gasteiger charge is -2.42. The summed E-state index contributed by atoms with van der Waals surface area (Å²) in [6.45, 7) is 4.40. The molecule has 1 N–H and O–H groups in total. The van der Waals surface area contributed by atoms with E-state index in [4.69, 9.17) is 4.74 Å². The third-order valence-electron chi connectivity index (χ3n) is 5.12. The molecule has 1 amide bonds. The average molecular weight is 456 g/mol. The van der Waals surface area contributed by atoms with Gasteiger partial charge in [0.25, 0.3) is 0 Å². The summed E-state index contributed by atoms with van der Waals surface area (Å²) >= 11 is 3.55. The van der Waals surface area contributed by atoms with Crippen molar-refractivity contribution in [2.75, 3.05) is 12.4 Å². The Labute approximate surface area is 177 Å². The van der Waals surface area contributed by atoms with Gasteiger partial charge in [-0.3, -0.25) is 9.48 Å². The van der Waals surface area contributed by atoms with Crippen LogP contribution in [0.4, 0.5) is 5.69 Å². The summed E-state index contributed by atoms with van der Waals surface area (Å²) < 4.78 is 8.36. The van der Waals surface area contributed by atoms with Gasteiger partial charge in [0.15, 0.2) is 0 Å². The molecule has 0 fully saturated rings. The minimum Gasteiger partial charge on any atom is -0.754 e. The average Bonchev–Trinajstić information content (AvgIpc) is 2.97. The van der Waals surface area contributed by atoms with Crippen LogP contribution >= 0.6 is 15.9 Å². The van der Waals surface area contributed by atoms with E-state index >= 15 is 0 Å². The molecule has 0 radical (unpaired) electrons. The Morgan fingerprint density at radius 3 is 2.69 bits per heavy atom. The fourth-order valence-corrected chi connectivity index (χ4v) is 3.82. The standard InChI is InChI=1S/C21H20BrN4O3/c1-12-19(22)13(2)25(24-12)11-15-10-14(8-9-18(15)29-3)20-23-17-7-5-4-6-16(17)21(27)26(20)28/h4-10,20,23H,11H2,1-3H3/q-1. The fourth-order valence-electron chi connectivity index (χ4n) is 3.54. The molecule has 2 heterocycles. The van der Waals surface area contributed by atoms with E-state index in [1.807, 2.05) is 36.7 Å². The van der Waals surface area contributed by atoms with Crippen molar-refractivity contribution in [3.05, 3.63) is 80.2 Å². The first-order valence-electron chi connectivity index (χ1n) is 9.13. The van der Waals surface area contributed by atoms with Crippen LogP contribution in [-0.2, 0) is 6.54 Å². The second-order valence-electron chi connectivity index (χ2n) is 6.94. The Kier molecular flexibility index (Phi) is 5.06. The normalized spacial score (nSPS) is 15.8. The Hall–Kier alpha value is -2.84. The molecule has 0 saturated carbocycles. The molecule has 7 nitrogen and oxygen atoms in total. The predicted octanol–water partition coefficient (Wildman–Crippen LogP) is 4.38. The largest absolute Gasteiger partial charge is 0.754 e. The number of carbonyl (C=O) groups excluding carboxylic acids is 1. The van der Waals surface area contributed by atoms with Crippen molar-refractivity contribution in [3.63, 3.8) is 0 Å². The molecule has 0 spiro atoms. The number of aromatic nitrogens is 2. The predicted molar refractivity (Wildman–Crippen MR) is 114 cm³/mol. The molecule has 4 rings (SSSR count). The lowest BCUT2D eigenvalue weighted by molar-refractivity contribution is 0.0771. The van der Waals surface area contributed by atoms with E-state index in [1.54, 1.807) is 31.4 Å². The van der Waals surface area contributed by atoms with Crippen LogP contribution < -0.4 is 10.1 Å². The molecule has 1 unspecified atom stereocenters. The number of fused-ring (bicyclic) bond motifs is 1. The number of nitrogens with one attached hydrogen (secondary N) is 1. The highest BCUT2D eigenvalue weighted by Crippen LogP contribution is 2.34. The highest BCUT2D eigenvalue weighted by Gasteiger charge is 2.27. The van der Waals surface area contributed by atoms with Gasteiger partial charge >= 0.3 is 0 Å². The zero-order chi connectivity index (χ0) is 20.7. The fraction of sp³-hybridized carbons (Fsp3) is 0.238. The number of amides is 1. The van der Waals surface area contributed by atoms with Crippen molar-refractivity contribution in [1.29, 1.82) is 0 Å². The van der Waals surface area contributed by atoms with E-state index in [0.29, 0.717) is 34.2 Å². The van der Waals surface area contributed by atoms with Crippen molar-refractivity contribution in [3.8, 4) is 5.75 Å². The number of anilines is 1. The van der Waals surface area contributed by atoms with Crippen LogP contribution in [0.5, 0.6) is 5.75 Å². The molecular formula is C21H20BrN4O3-. The van der Waals surface area contributed by atoms with E-state index in [9.17, 15) is 10.0 Å². The van der Waals surface area contributed by atoms with Gasteiger partial charge < -0.3 is 20.3 Å². The maximum absolute atomic E-state index is 12.7. The lowest BCUT2D eigenvalue weighted by Crippen LogP contribution is -2.39. The first kappa shape index (κ1) is 19.5. The minimum atomic E-state index is -0.811. The van der Waals surface area contributed by atoms with E-state index in [1.165, 1.54) is 0 Å². The van der Waals surface area contributed by atoms with E-state index < -0.39 is 12.1 Å². The quantitative estimate of drug-likeness (QED) is 0.630. The Morgan fingerprint density at radius 2 is 2.00 bits per heavy atom. The summed E-state index contributed by atoms with van der Waals surface area (Å²) in [7, 11) is 1.61. The van der Waals surface area contributed by atoms with Gasteiger partial charge in [-0.15, -0.1) is 0 Å². The van der Waals surface area contributed by atoms with Crippen molar-refractivity contribution in [2.24, 2.45) is 0 Å². The third-order valence-corrected chi connectivity index (χ3v) is 6.27. The van der Waals surface area contributed by atoms with E-state index in [2.05, 4.69) is 26.3 Å². The molecule has 150 valence electrons. The van der Waals surface area contributed by atoms with Crippen LogP contribution in [0, 0.1) is 19.1 Å². The summed E-state index contributed by atoms with van der Waals surface area (Å²) in [5.41, 5.74) is 4.47. The highest BCUT2D eigenvalue weighted by atomic mass is 79.9. The molecule has 29 heavy (non-hydrogen) atoms. The van der Waals surface area contributed by atoms with Gasteiger partial charge in [0.1, 0.15) is 11.9 Å². The number of rotatable bonds is 4. The number of carbonyl (C=O) groups is 1. The maximum atomic E-state index is 12.7. The first-order chi connectivity index (χ1) is 13.9. The number of ether oxygens (including phenoxy) is 1. The molecule has 0 saturated heterocycles. The van der Waals surface area contributed by atoms with Crippen LogP contribution in [0.15, 0.2) is 46.9 Å². The second-order valence-corrected chi connectivity index (χ2v) is 7.73. The summed E-state index contributed by atoms with van der Waals surface area (Å²) in [4.78, 5) is 12.5. The Morgan fingerprint density at radius 1 is 1.24 bits per heavy atom. The van der Waals surface area contributed by atoms with Gasteiger partial charge in [0, 0.05) is 11.3 Å². The smallest absolute Gasteiger partial charge is 0.247 e. The SMILES string of the molecule is COc1ccc(C2Nc3ccccc3C(=O)N2[O-])cc1Cn1nc(C)c(Br)c1C. The number of aryl methyl sites for hydroxylation is 1. The van der Waals surface area contributed by atoms with Gasteiger partial charge in [-0.1, -0.05) is 18.2 Å². The van der Waals surface area contributed by atoms with Crippen molar-refractivity contribution < 1.29 is 9.53 Å². The van der Waals surface area contributed by atoms with Crippen LogP contribution in [0.25, 0.3) is 0 Å². The molecular weight excluding hydrogens is 436 g/mol. The van der Waals surface area contributed by atoms with Crippen LogP contribution in [-0.4, -0.2) is 27.9 Å². The van der Waals surface area contributed by atoms with Crippen LogP contribution in [0.2, 0.25) is 0 Å². The van der Waals surface area contributed by atoms with Gasteiger partial charge in [0.2, 0.25) is 5.91 Å². The minimum absolute atomic E-state index is 0.375. The molecule has 0 bridgehead atoms. The summed E-state index contributed by atoms with van der Waals surface area (Å²) in [5, 5.41) is 20.9. The first-order valence-corrected chi connectivity index (χ1v) is 9.92. The Bertz CT molecular complexity index is 1100. The highest BCUT2D eigenvalue weighted by molar-refractivity contribution is 9.10. The number of benzene rings is 2. The topological polar surface area (TPSA) is 82.5 Å². The van der Waals surface area contributed by atoms with Gasteiger partial charge in [-0.05, 0) is 59.6 Å². The van der Waals surface area contributed by atoms with Crippen molar-refractivity contribution in [1.82, 2.24) is 14.8 Å². The number of para-hydroxylation sites is 1. The molecule has 0 aliphatic carbocycles. The summed E-state index contributed by atoms with van der Waals surface area (Å²) in [6.07, 6.45) is -0.811. The number of hydrogen-bond donors (Lipinski definition) is 1. The number of halogens is 1. The molecule has 1 aromatic heterocycles. The third kappa shape index (κ3) is 3.38. The molecule has 1 atom stereocenters. The molecule has 3 aromatic rings. The number of hydrogen-bond acceptors (Lipinski definition) is 5. The summed E-state index contributed by atoms with van der Waals surface area (Å²) in [5.74, 6) is 0.140. The van der Waals surface area contributed by atoms with Crippen LogP contribution in [0.3, 0.4) is 0 Å². The molecule has 1 aliphatic rings. The molecule has 8 heteroatoms. The summed E-state index contributed by atoms with van der Waals surface area (Å²) in [6, 6.07) is 12.5. The van der Waals surface area contributed by atoms with E-state index in [-0.39, 0.29) is 0 Å². The van der Waals surface area contributed by atoms with E-state index in [0.717, 1.165) is 21.4 Å². The molecule has 1 aliphatic heterocycles. The lowest BCUT2D eigenvalue weighted by atomic mass is 10.0. The zero-order valence-electron chi connectivity index (χ0n) is 16.3. The van der Waals surface area contributed by atoms with Gasteiger partial charge in [-0.25, -0.2) is 0 Å². The van der Waals surface area contributed by atoms with Crippen LogP contribution in [0.1, 0.15) is 39.0 Å². The number of methoxy groups -OCH3 is 1. The number of hydroxylamine groups is 2. The van der Waals surface area contributed by atoms with Gasteiger partial charge in [-0.2, -0.15) is 5.10 Å². The Balaban J connectivity index is 1.71. The maximum Gasteiger partial charge on any atom is 0.247 e. The molecule has 2 aromatic carbocycles. The zero-order valence-corrected chi connectivity index (χ0v) is 17.9. The van der Waals surface area contributed by atoms with Crippen molar-refractivity contribution >= 4 is 27.5 Å². The van der Waals surface area contributed by atoms with Gasteiger partial charge in [0.05, 0.1) is 35.1 Å². The second kappa shape index (κ2) is 7.53. The monoisotopic (exact) mass is 455 g/mol.